The van der Waals surface area contributed by atoms with Gasteiger partial charge in [-0.1, -0.05) is 12.1 Å². The molecule has 0 aliphatic heterocycles. The minimum absolute atomic E-state index is 0.353. The number of halogens is 1. The van der Waals surface area contributed by atoms with Crippen molar-refractivity contribution in [2.24, 2.45) is 0 Å². The maximum Gasteiger partial charge on any atom is 0.331 e. The second-order valence-corrected chi connectivity index (χ2v) is 3.88. The van der Waals surface area contributed by atoms with E-state index in [4.69, 9.17) is 5.11 Å². The Morgan fingerprint density at radius 1 is 1.41 bits per heavy atom. The van der Waals surface area contributed by atoms with E-state index in [1.54, 1.807) is 6.92 Å². The van der Waals surface area contributed by atoms with Crippen LogP contribution < -0.4 is 0 Å². The Bertz CT molecular complexity index is 459. The van der Waals surface area contributed by atoms with Crippen molar-refractivity contribution in [1.29, 1.82) is 0 Å². The Kier molecular flexibility index (Phi) is 3.83. The highest BCUT2D eigenvalue weighted by Gasteiger charge is 2.26. The standard InChI is InChI=1S/C12H14FNO3/c1-7-6-9(4-5-10(7)13)11(12(16)17)14(3)8(2)15/h4-6,11H,1-3H3,(H,16,17). The predicted molar refractivity (Wildman–Crippen MR) is 60.0 cm³/mol. The number of aryl methyl sites for hydroxylation is 1. The highest BCUT2D eigenvalue weighted by molar-refractivity contribution is 5.83. The molecule has 1 aromatic rings. The van der Waals surface area contributed by atoms with Crippen LogP contribution in [0.4, 0.5) is 4.39 Å². The van der Waals surface area contributed by atoms with Crippen LogP contribution in [0, 0.1) is 12.7 Å². The molecule has 4 nitrogen and oxygen atoms in total. The van der Waals surface area contributed by atoms with Crippen molar-refractivity contribution in [3.8, 4) is 0 Å². The zero-order chi connectivity index (χ0) is 13.2. The molecule has 0 aliphatic rings. The average Bonchev–Trinajstić information content (AvgIpc) is 2.22. The minimum atomic E-state index is -1.14. The Morgan fingerprint density at radius 3 is 2.41 bits per heavy atom. The molecule has 1 amide bonds. The molecule has 1 unspecified atom stereocenters. The highest BCUT2D eigenvalue weighted by atomic mass is 19.1. The molecule has 5 heteroatoms. The molecule has 0 bridgehead atoms. The maximum absolute atomic E-state index is 13.1. The first-order valence-electron chi connectivity index (χ1n) is 5.07. The van der Waals surface area contributed by atoms with Crippen LogP contribution in [-0.2, 0) is 9.59 Å². The van der Waals surface area contributed by atoms with Crippen LogP contribution in [0.2, 0.25) is 0 Å². The number of likely N-dealkylation sites (N-methyl/N-ethyl adjacent to an activating group) is 1. The molecule has 0 heterocycles. The summed E-state index contributed by atoms with van der Waals surface area (Å²) in [5.74, 6) is -1.91. The molecule has 0 saturated heterocycles. The quantitative estimate of drug-likeness (QED) is 0.874. The van der Waals surface area contributed by atoms with Crippen LogP contribution in [0.25, 0.3) is 0 Å². The Morgan fingerprint density at radius 2 is 2.00 bits per heavy atom. The van der Waals surface area contributed by atoms with Crippen molar-refractivity contribution >= 4 is 11.9 Å². The first kappa shape index (κ1) is 13.2. The molecular formula is C12H14FNO3. The predicted octanol–water partition coefficient (Wildman–Crippen LogP) is 1.74. The number of amides is 1. The van der Waals surface area contributed by atoms with Gasteiger partial charge in [-0.3, -0.25) is 4.79 Å². The molecular weight excluding hydrogens is 225 g/mol. The fourth-order valence-corrected chi connectivity index (χ4v) is 1.55. The van der Waals surface area contributed by atoms with Gasteiger partial charge < -0.3 is 10.0 Å². The van der Waals surface area contributed by atoms with Gasteiger partial charge in [0.25, 0.3) is 0 Å². The first-order valence-corrected chi connectivity index (χ1v) is 5.07. The highest BCUT2D eigenvalue weighted by Crippen LogP contribution is 2.22. The summed E-state index contributed by atoms with van der Waals surface area (Å²) in [6, 6.07) is 2.93. The molecule has 1 atom stereocenters. The van der Waals surface area contributed by atoms with E-state index in [9.17, 15) is 14.0 Å². The summed E-state index contributed by atoms with van der Waals surface area (Å²) >= 11 is 0. The lowest BCUT2D eigenvalue weighted by molar-refractivity contribution is -0.148. The third-order valence-electron chi connectivity index (χ3n) is 2.62. The number of carboxylic acids is 1. The molecule has 1 aromatic carbocycles. The SMILES string of the molecule is CC(=O)N(C)C(C(=O)O)c1ccc(F)c(C)c1. The molecule has 1 N–H and O–H groups in total. The van der Waals surface area contributed by atoms with Crippen molar-refractivity contribution in [2.45, 2.75) is 19.9 Å². The second-order valence-electron chi connectivity index (χ2n) is 3.88. The molecule has 0 aliphatic carbocycles. The second kappa shape index (κ2) is 4.95. The maximum atomic E-state index is 13.1. The van der Waals surface area contributed by atoms with Gasteiger partial charge >= 0.3 is 5.97 Å². The third kappa shape index (κ3) is 2.81. The minimum Gasteiger partial charge on any atom is -0.479 e. The van der Waals surface area contributed by atoms with Crippen molar-refractivity contribution in [3.05, 3.63) is 35.1 Å². The lowest BCUT2D eigenvalue weighted by Crippen LogP contribution is -2.34. The van der Waals surface area contributed by atoms with Gasteiger partial charge in [0.05, 0.1) is 0 Å². The van der Waals surface area contributed by atoms with E-state index >= 15 is 0 Å². The van der Waals surface area contributed by atoms with Gasteiger partial charge in [-0.05, 0) is 24.1 Å². The van der Waals surface area contributed by atoms with Gasteiger partial charge in [0.2, 0.25) is 5.91 Å². The van der Waals surface area contributed by atoms with Gasteiger partial charge in [-0.15, -0.1) is 0 Å². The van der Waals surface area contributed by atoms with Gasteiger partial charge in [0, 0.05) is 14.0 Å². The van der Waals surface area contributed by atoms with Crippen molar-refractivity contribution in [2.75, 3.05) is 7.05 Å². The Hall–Kier alpha value is -1.91. The topological polar surface area (TPSA) is 57.6 Å². The molecule has 0 aromatic heterocycles. The number of hydrogen-bond acceptors (Lipinski definition) is 2. The molecule has 0 radical (unpaired) electrons. The van der Waals surface area contributed by atoms with Crippen molar-refractivity contribution in [1.82, 2.24) is 4.90 Å². The Balaban J connectivity index is 3.19. The zero-order valence-electron chi connectivity index (χ0n) is 9.90. The van der Waals surface area contributed by atoms with Gasteiger partial charge in [0.1, 0.15) is 5.82 Å². The number of carbonyl (C=O) groups excluding carboxylic acids is 1. The Labute approximate surface area is 98.7 Å². The van der Waals surface area contributed by atoms with Crippen LogP contribution in [0.15, 0.2) is 18.2 Å². The normalized spacial score (nSPS) is 12.0. The van der Waals surface area contributed by atoms with E-state index < -0.39 is 17.8 Å². The molecule has 0 fully saturated rings. The number of benzene rings is 1. The van der Waals surface area contributed by atoms with Crippen LogP contribution in [0.3, 0.4) is 0 Å². The smallest absolute Gasteiger partial charge is 0.331 e. The van der Waals surface area contributed by atoms with Gasteiger partial charge in [-0.2, -0.15) is 0 Å². The van der Waals surface area contributed by atoms with E-state index in [0.717, 1.165) is 4.90 Å². The summed E-state index contributed by atoms with van der Waals surface area (Å²) in [4.78, 5) is 23.5. The molecule has 1 rings (SSSR count). The first-order chi connectivity index (χ1) is 7.84. The van der Waals surface area contributed by atoms with Crippen molar-refractivity contribution in [3.63, 3.8) is 0 Å². The zero-order valence-corrected chi connectivity index (χ0v) is 9.90. The summed E-state index contributed by atoms with van der Waals surface area (Å²) in [6.45, 7) is 2.83. The van der Waals surface area contributed by atoms with Crippen LogP contribution in [0.1, 0.15) is 24.1 Å². The van der Waals surface area contributed by atoms with Crippen LogP contribution in [-0.4, -0.2) is 28.9 Å². The number of carboxylic acid groups (broad SMARTS) is 1. The summed E-state index contributed by atoms with van der Waals surface area (Å²) in [6.07, 6.45) is 0. The number of nitrogens with zero attached hydrogens (tertiary/aromatic N) is 1. The van der Waals surface area contributed by atoms with Crippen LogP contribution >= 0.6 is 0 Å². The van der Waals surface area contributed by atoms with E-state index in [0.29, 0.717) is 11.1 Å². The van der Waals surface area contributed by atoms with E-state index in [1.807, 2.05) is 0 Å². The third-order valence-corrected chi connectivity index (χ3v) is 2.62. The number of hydrogen-bond donors (Lipinski definition) is 1. The van der Waals surface area contributed by atoms with Crippen molar-refractivity contribution < 1.29 is 19.1 Å². The summed E-state index contributed by atoms with van der Waals surface area (Å²) in [5.41, 5.74) is 0.736. The largest absolute Gasteiger partial charge is 0.479 e. The number of aliphatic carboxylic acids is 1. The van der Waals surface area contributed by atoms with Gasteiger partial charge in [-0.25, -0.2) is 9.18 Å². The summed E-state index contributed by atoms with van der Waals surface area (Å²) < 4.78 is 13.1. The van der Waals surface area contributed by atoms with Crippen LogP contribution in [0.5, 0.6) is 0 Å². The molecule has 0 saturated carbocycles. The van der Waals surface area contributed by atoms with E-state index in [-0.39, 0.29) is 5.91 Å². The summed E-state index contributed by atoms with van der Waals surface area (Å²) in [5, 5.41) is 9.12. The fourth-order valence-electron chi connectivity index (χ4n) is 1.55. The lowest BCUT2D eigenvalue weighted by atomic mass is 10.0. The molecule has 17 heavy (non-hydrogen) atoms. The van der Waals surface area contributed by atoms with E-state index in [1.165, 1.54) is 32.2 Å². The number of rotatable bonds is 3. The summed E-state index contributed by atoms with van der Waals surface area (Å²) in [7, 11) is 1.40. The lowest BCUT2D eigenvalue weighted by Gasteiger charge is -2.24. The fraction of sp³-hybridized carbons (Fsp3) is 0.333. The van der Waals surface area contributed by atoms with E-state index in [2.05, 4.69) is 0 Å². The average molecular weight is 239 g/mol. The van der Waals surface area contributed by atoms with Gasteiger partial charge in [0.15, 0.2) is 6.04 Å². The molecule has 92 valence electrons. The monoisotopic (exact) mass is 239 g/mol. The number of carbonyl (C=O) groups is 2. The molecule has 0 spiro atoms.